The number of esters is 1. The van der Waals surface area contributed by atoms with Gasteiger partial charge in [-0.3, -0.25) is 4.79 Å². The summed E-state index contributed by atoms with van der Waals surface area (Å²) in [5, 5.41) is 0. The van der Waals surface area contributed by atoms with Crippen LogP contribution in [0.1, 0.15) is 25.3 Å². The predicted molar refractivity (Wildman–Crippen MR) is 76.9 cm³/mol. The lowest BCUT2D eigenvalue weighted by atomic mass is 10.1. The summed E-state index contributed by atoms with van der Waals surface area (Å²) >= 11 is 0. The second-order valence-electron chi connectivity index (χ2n) is 5.48. The molecule has 1 aromatic rings. The Labute approximate surface area is 119 Å². The Morgan fingerprint density at radius 1 is 1.25 bits per heavy atom. The van der Waals surface area contributed by atoms with Gasteiger partial charge in [-0.15, -0.1) is 0 Å². The Morgan fingerprint density at radius 2 is 1.90 bits per heavy atom. The van der Waals surface area contributed by atoms with E-state index in [4.69, 9.17) is 9.47 Å². The second-order valence-corrected chi connectivity index (χ2v) is 5.48. The van der Waals surface area contributed by atoms with Crippen LogP contribution in [0.15, 0.2) is 24.3 Å². The lowest BCUT2D eigenvalue weighted by Gasteiger charge is -2.36. The van der Waals surface area contributed by atoms with Crippen molar-refractivity contribution in [3.05, 3.63) is 29.8 Å². The lowest BCUT2D eigenvalue weighted by Crippen LogP contribution is -2.45. The number of ether oxygens (including phenoxy) is 2. The Balaban J connectivity index is 1.68. The summed E-state index contributed by atoms with van der Waals surface area (Å²) in [6.45, 7) is 3.94. The molecule has 0 N–H and O–H groups in total. The van der Waals surface area contributed by atoms with Crippen LogP contribution >= 0.6 is 0 Å². The number of carbonyl (C=O) groups is 1. The first-order valence-electron chi connectivity index (χ1n) is 7.38. The van der Waals surface area contributed by atoms with Crippen LogP contribution in [0.5, 0.6) is 0 Å². The van der Waals surface area contributed by atoms with Crippen LogP contribution in [0, 0.1) is 0 Å². The van der Waals surface area contributed by atoms with Crippen LogP contribution < -0.4 is 4.90 Å². The fraction of sp³-hybridized carbons (Fsp3) is 0.562. The van der Waals surface area contributed by atoms with Crippen LogP contribution in [0.4, 0.5) is 5.69 Å². The van der Waals surface area contributed by atoms with E-state index < -0.39 is 0 Å². The number of anilines is 1. The summed E-state index contributed by atoms with van der Waals surface area (Å²) in [5.74, 6) is -0.160. The molecular formula is C16H21NO3. The van der Waals surface area contributed by atoms with Crippen molar-refractivity contribution in [1.29, 1.82) is 0 Å². The Morgan fingerprint density at radius 3 is 2.50 bits per heavy atom. The number of fused-ring (bicyclic) bond motifs is 2. The third kappa shape index (κ3) is 2.66. The summed E-state index contributed by atoms with van der Waals surface area (Å²) in [6, 6.07) is 9.33. The lowest BCUT2D eigenvalue weighted by molar-refractivity contribution is -0.142. The van der Waals surface area contributed by atoms with Gasteiger partial charge in [0, 0.05) is 5.69 Å². The molecule has 2 atom stereocenters. The van der Waals surface area contributed by atoms with Crippen molar-refractivity contribution < 1.29 is 14.3 Å². The summed E-state index contributed by atoms with van der Waals surface area (Å²) < 4.78 is 10.6. The molecule has 3 rings (SSSR count). The number of hydrogen-bond acceptors (Lipinski definition) is 4. The van der Waals surface area contributed by atoms with E-state index in [1.165, 1.54) is 18.5 Å². The van der Waals surface area contributed by atoms with Crippen LogP contribution in [0.25, 0.3) is 0 Å². The average Bonchev–Trinajstić information content (AvgIpc) is 2.70. The summed E-state index contributed by atoms with van der Waals surface area (Å²) in [5.41, 5.74) is 2.25. The van der Waals surface area contributed by atoms with Crippen molar-refractivity contribution >= 4 is 11.7 Å². The summed E-state index contributed by atoms with van der Waals surface area (Å²) in [4.78, 5) is 13.9. The molecule has 4 nitrogen and oxygen atoms in total. The SMILES string of the molecule is CCOC(=O)Cc1ccc(N2C3CCC2COC3)cc1. The second kappa shape index (κ2) is 5.83. The van der Waals surface area contributed by atoms with Crippen LogP contribution in [0.2, 0.25) is 0 Å². The molecular weight excluding hydrogens is 254 g/mol. The molecule has 20 heavy (non-hydrogen) atoms. The molecule has 1 aromatic carbocycles. The highest BCUT2D eigenvalue weighted by molar-refractivity contribution is 5.72. The molecule has 4 heteroatoms. The third-order valence-corrected chi connectivity index (χ3v) is 4.13. The maximum atomic E-state index is 11.5. The maximum absolute atomic E-state index is 11.5. The van der Waals surface area contributed by atoms with Gasteiger partial charge in [0.2, 0.25) is 0 Å². The van der Waals surface area contributed by atoms with Gasteiger partial charge in [-0.05, 0) is 37.5 Å². The van der Waals surface area contributed by atoms with Gasteiger partial charge in [0.25, 0.3) is 0 Å². The third-order valence-electron chi connectivity index (χ3n) is 4.13. The monoisotopic (exact) mass is 275 g/mol. The molecule has 2 unspecified atom stereocenters. The largest absolute Gasteiger partial charge is 0.466 e. The number of nitrogens with zero attached hydrogens (tertiary/aromatic N) is 1. The van der Waals surface area contributed by atoms with E-state index in [2.05, 4.69) is 17.0 Å². The fourth-order valence-corrected chi connectivity index (χ4v) is 3.21. The molecule has 108 valence electrons. The fourth-order valence-electron chi connectivity index (χ4n) is 3.21. The van der Waals surface area contributed by atoms with E-state index in [-0.39, 0.29) is 5.97 Å². The molecule has 2 bridgehead atoms. The predicted octanol–water partition coefficient (Wildman–Crippen LogP) is 2.16. The first-order valence-corrected chi connectivity index (χ1v) is 7.38. The quantitative estimate of drug-likeness (QED) is 0.789. The molecule has 2 saturated heterocycles. The van der Waals surface area contributed by atoms with Crippen molar-refractivity contribution in [3.8, 4) is 0 Å². The summed E-state index contributed by atoms with van der Waals surface area (Å²) in [7, 11) is 0. The summed E-state index contributed by atoms with van der Waals surface area (Å²) in [6.07, 6.45) is 2.79. The topological polar surface area (TPSA) is 38.8 Å². The van der Waals surface area contributed by atoms with Crippen molar-refractivity contribution in [3.63, 3.8) is 0 Å². The van der Waals surface area contributed by atoms with Crippen molar-refractivity contribution in [2.75, 3.05) is 24.7 Å². The van der Waals surface area contributed by atoms with E-state index in [0.29, 0.717) is 25.1 Å². The van der Waals surface area contributed by atoms with Crippen molar-refractivity contribution in [1.82, 2.24) is 0 Å². The maximum Gasteiger partial charge on any atom is 0.310 e. The number of rotatable bonds is 4. The molecule has 0 aliphatic carbocycles. The van der Waals surface area contributed by atoms with E-state index in [9.17, 15) is 4.79 Å². The molecule has 0 amide bonds. The Bertz CT molecular complexity index is 455. The van der Waals surface area contributed by atoms with Gasteiger partial charge in [0.1, 0.15) is 0 Å². The van der Waals surface area contributed by atoms with Gasteiger partial charge in [-0.1, -0.05) is 12.1 Å². The van der Waals surface area contributed by atoms with Crippen molar-refractivity contribution in [2.45, 2.75) is 38.3 Å². The molecule has 2 aliphatic heterocycles. The minimum atomic E-state index is -0.160. The minimum absolute atomic E-state index is 0.160. The zero-order valence-electron chi connectivity index (χ0n) is 11.9. The highest BCUT2D eigenvalue weighted by Crippen LogP contribution is 2.33. The highest BCUT2D eigenvalue weighted by Gasteiger charge is 2.37. The number of carbonyl (C=O) groups excluding carboxylic acids is 1. The average molecular weight is 275 g/mol. The van der Waals surface area contributed by atoms with E-state index >= 15 is 0 Å². The van der Waals surface area contributed by atoms with Gasteiger partial charge in [0.05, 0.1) is 38.3 Å². The Kier molecular flexibility index (Phi) is 3.92. The first kappa shape index (κ1) is 13.4. The number of morpholine rings is 1. The van der Waals surface area contributed by atoms with Gasteiger partial charge < -0.3 is 14.4 Å². The normalized spacial score (nSPS) is 24.8. The molecule has 2 heterocycles. The van der Waals surface area contributed by atoms with Crippen LogP contribution in [0.3, 0.4) is 0 Å². The smallest absolute Gasteiger partial charge is 0.310 e. The van der Waals surface area contributed by atoms with Gasteiger partial charge >= 0.3 is 5.97 Å². The molecule has 0 spiro atoms. The Hall–Kier alpha value is -1.55. The minimum Gasteiger partial charge on any atom is -0.466 e. The number of hydrogen-bond donors (Lipinski definition) is 0. The zero-order chi connectivity index (χ0) is 13.9. The molecule has 0 aromatic heterocycles. The zero-order valence-corrected chi connectivity index (χ0v) is 11.9. The van der Waals surface area contributed by atoms with E-state index in [1.807, 2.05) is 19.1 Å². The first-order chi connectivity index (χ1) is 9.78. The van der Waals surface area contributed by atoms with Crippen LogP contribution in [-0.2, 0) is 20.7 Å². The molecule has 2 aliphatic rings. The molecule has 0 saturated carbocycles. The highest BCUT2D eigenvalue weighted by atomic mass is 16.5. The standard InChI is InChI=1S/C16H21NO3/c1-2-20-16(18)9-12-3-5-13(6-4-12)17-14-7-8-15(17)11-19-10-14/h3-6,14-15H,2,7-11H2,1H3. The van der Waals surface area contributed by atoms with E-state index in [1.54, 1.807) is 0 Å². The molecule has 2 fully saturated rings. The van der Waals surface area contributed by atoms with Crippen LogP contribution in [-0.4, -0.2) is 37.9 Å². The van der Waals surface area contributed by atoms with Gasteiger partial charge in [0.15, 0.2) is 0 Å². The number of benzene rings is 1. The van der Waals surface area contributed by atoms with E-state index in [0.717, 1.165) is 18.8 Å². The van der Waals surface area contributed by atoms with Gasteiger partial charge in [-0.2, -0.15) is 0 Å². The van der Waals surface area contributed by atoms with Gasteiger partial charge in [-0.25, -0.2) is 0 Å². The molecule has 0 radical (unpaired) electrons. The van der Waals surface area contributed by atoms with Crippen molar-refractivity contribution in [2.24, 2.45) is 0 Å².